The molecule has 0 radical (unpaired) electrons. The van der Waals surface area contributed by atoms with E-state index in [2.05, 4.69) is 31.2 Å². The normalized spacial score (nSPS) is 10.2. The summed E-state index contributed by atoms with van der Waals surface area (Å²) in [5, 5.41) is 2.63. The van der Waals surface area contributed by atoms with Crippen LogP contribution >= 0.6 is 27.5 Å². The highest BCUT2D eigenvalue weighted by molar-refractivity contribution is 9.10. The summed E-state index contributed by atoms with van der Waals surface area (Å²) in [6, 6.07) is 3.88. The van der Waals surface area contributed by atoms with Gasteiger partial charge in [0, 0.05) is 10.0 Å². The highest BCUT2D eigenvalue weighted by atomic mass is 79.9. The molecule has 2 rings (SSSR count). The second kappa shape index (κ2) is 5.41. The van der Waals surface area contributed by atoms with E-state index >= 15 is 0 Å². The summed E-state index contributed by atoms with van der Waals surface area (Å²) < 4.78 is 13.6. The molecule has 0 spiro atoms. The number of benzene rings is 1. The SMILES string of the molecule is O=C(Nc1cncc(Cl)n1)c1cc(F)cc(Br)c1. The number of carbonyl (C=O) groups is 1. The molecule has 1 amide bonds. The fraction of sp³-hybridized carbons (Fsp3) is 0. The van der Waals surface area contributed by atoms with E-state index in [0.717, 1.165) is 6.07 Å². The van der Waals surface area contributed by atoms with Crippen LogP contribution in [0, 0.1) is 5.82 Å². The van der Waals surface area contributed by atoms with Crippen molar-refractivity contribution in [2.45, 2.75) is 0 Å². The number of anilines is 1. The van der Waals surface area contributed by atoms with Crippen molar-refractivity contribution < 1.29 is 9.18 Å². The Morgan fingerprint density at radius 1 is 1.33 bits per heavy atom. The summed E-state index contributed by atoms with van der Waals surface area (Å²) in [7, 11) is 0. The topological polar surface area (TPSA) is 54.9 Å². The molecule has 0 aliphatic rings. The van der Waals surface area contributed by atoms with Gasteiger partial charge in [0.05, 0.1) is 12.4 Å². The van der Waals surface area contributed by atoms with Crippen molar-refractivity contribution in [2.75, 3.05) is 5.32 Å². The Morgan fingerprint density at radius 3 is 2.78 bits per heavy atom. The van der Waals surface area contributed by atoms with Crippen molar-refractivity contribution in [1.82, 2.24) is 9.97 Å². The predicted molar refractivity (Wildman–Crippen MR) is 69.1 cm³/mol. The van der Waals surface area contributed by atoms with Crippen LogP contribution in [0.2, 0.25) is 5.15 Å². The molecule has 0 atom stereocenters. The fourth-order valence-corrected chi connectivity index (χ4v) is 1.89. The van der Waals surface area contributed by atoms with Gasteiger partial charge in [-0.1, -0.05) is 27.5 Å². The molecule has 1 aromatic heterocycles. The van der Waals surface area contributed by atoms with Gasteiger partial charge in [-0.05, 0) is 18.2 Å². The minimum Gasteiger partial charge on any atom is -0.305 e. The molecular weight excluding hydrogens is 324 g/mol. The summed E-state index contributed by atoms with van der Waals surface area (Å²) in [5.74, 6) is -0.800. The Kier molecular flexibility index (Phi) is 3.88. The van der Waals surface area contributed by atoms with Gasteiger partial charge in [-0.15, -0.1) is 0 Å². The molecule has 4 nitrogen and oxygen atoms in total. The van der Waals surface area contributed by atoms with Crippen LogP contribution in [0.3, 0.4) is 0 Å². The maximum absolute atomic E-state index is 13.1. The molecule has 1 N–H and O–H groups in total. The maximum Gasteiger partial charge on any atom is 0.257 e. The van der Waals surface area contributed by atoms with Crippen LogP contribution in [0.25, 0.3) is 0 Å². The van der Waals surface area contributed by atoms with Gasteiger partial charge in [0.15, 0.2) is 5.82 Å². The van der Waals surface area contributed by atoms with Gasteiger partial charge < -0.3 is 5.32 Å². The third-order valence-electron chi connectivity index (χ3n) is 1.97. The first kappa shape index (κ1) is 12.9. The van der Waals surface area contributed by atoms with Gasteiger partial charge in [-0.3, -0.25) is 9.78 Å². The van der Waals surface area contributed by atoms with Gasteiger partial charge >= 0.3 is 0 Å². The second-order valence-electron chi connectivity index (χ2n) is 3.34. The van der Waals surface area contributed by atoms with Crippen molar-refractivity contribution in [2.24, 2.45) is 0 Å². The van der Waals surface area contributed by atoms with E-state index in [4.69, 9.17) is 11.6 Å². The third-order valence-corrected chi connectivity index (χ3v) is 2.61. The van der Waals surface area contributed by atoms with Crippen LogP contribution < -0.4 is 5.32 Å². The zero-order chi connectivity index (χ0) is 13.1. The molecule has 92 valence electrons. The van der Waals surface area contributed by atoms with E-state index in [-0.39, 0.29) is 16.5 Å². The lowest BCUT2D eigenvalue weighted by Crippen LogP contribution is -2.13. The molecule has 0 unspecified atom stereocenters. The van der Waals surface area contributed by atoms with Crippen molar-refractivity contribution in [3.8, 4) is 0 Å². The van der Waals surface area contributed by atoms with E-state index in [0.29, 0.717) is 4.47 Å². The third kappa shape index (κ3) is 3.24. The van der Waals surface area contributed by atoms with E-state index in [9.17, 15) is 9.18 Å². The number of hydrogen-bond acceptors (Lipinski definition) is 3. The molecular formula is C11H6BrClFN3O. The average molecular weight is 331 g/mol. The van der Waals surface area contributed by atoms with Crippen LogP contribution in [0.4, 0.5) is 10.2 Å². The van der Waals surface area contributed by atoms with Crippen LogP contribution in [-0.2, 0) is 0 Å². The lowest BCUT2D eigenvalue weighted by Gasteiger charge is -2.04. The first-order valence-corrected chi connectivity index (χ1v) is 5.97. The van der Waals surface area contributed by atoms with Gasteiger partial charge in [-0.25, -0.2) is 9.37 Å². The average Bonchev–Trinajstić information content (AvgIpc) is 2.27. The molecule has 0 aliphatic heterocycles. The number of rotatable bonds is 2. The number of nitrogens with one attached hydrogen (secondary N) is 1. The zero-order valence-electron chi connectivity index (χ0n) is 8.82. The Hall–Kier alpha value is -1.53. The molecule has 0 saturated carbocycles. The number of aromatic nitrogens is 2. The van der Waals surface area contributed by atoms with Gasteiger partial charge in [-0.2, -0.15) is 0 Å². The number of nitrogens with zero attached hydrogens (tertiary/aromatic N) is 2. The Labute approximate surface area is 115 Å². The molecule has 1 aromatic carbocycles. The summed E-state index contributed by atoms with van der Waals surface area (Å²) in [4.78, 5) is 19.4. The summed E-state index contributed by atoms with van der Waals surface area (Å²) in [6.07, 6.45) is 2.69. The van der Waals surface area contributed by atoms with Gasteiger partial charge in [0.1, 0.15) is 11.0 Å². The molecule has 0 aliphatic carbocycles. The van der Waals surface area contributed by atoms with Crippen molar-refractivity contribution in [1.29, 1.82) is 0 Å². The van der Waals surface area contributed by atoms with Crippen LogP contribution in [-0.4, -0.2) is 15.9 Å². The van der Waals surface area contributed by atoms with Gasteiger partial charge in [0.2, 0.25) is 0 Å². The van der Waals surface area contributed by atoms with E-state index in [1.54, 1.807) is 0 Å². The molecule has 2 aromatic rings. The van der Waals surface area contributed by atoms with Gasteiger partial charge in [0.25, 0.3) is 5.91 Å². The number of halogens is 3. The van der Waals surface area contributed by atoms with Crippen molar-refractivity contribution in [3.63, 3.8) is 0 Å². The number of carbonyl (C=O) groups excluding carboxylic acids is 1. The first-order chi connectivity index (χ1) is 8.54. The standard InChI is InChI=1S/C11H6BrClFN3O/c12-7-1-6(2-8(14)3-7)11(18)17-10-5-15-4-9(13)16-10/h1-5H,(H,16,17,18). The fourth-order valence-electron chi connectivity index (χ4n) is 1.28. The zero-order valence-corrected chi connectivity index (χ0v) is 11.2. The summed E-state index contributed by atoms with van der Waals surface area (Å²) in [5.41, 5.74) is 0.170. The quantitative estimate of drug-likeness (QED) is 0.919. The molecule has 1 heterocycles. The van der Waals surface area contributed by atoms with E-state index < -0.39 is 11.7 Å². The maximum atomic E-state index is 13.1. The number of hydrogen-bond donors (Lipinski definition) is 1. The Morgan fingerprint density at radius 2 is 2.11 bits per heavy atom. The predicted octanol–water partition coefficient (Wildman–Crippen LogP) is 3.28. The smallest absolute Gasteiger partial charge is 0.257 e. The second-order valence-corrected chi connectivity index (χ2v) is 4.64. The summed E-state index contributed by atoms with van der Waals surface area (Å²) >= 11 is 8.74. The lowest BCUT2D eigenvalue weighted by atomic mass is 10.2. The largest absolute Gasteiger partial charge is 0.305 e. The lowest BCUT2D eigenvalue weighted by molar-refractivity contribution is 0.102. The molecule has 0 bridgehead atoms. The van der Waals surface area contributed by atoms with Crippen molar-refractivity contribution >= 4 is 39.3 Å². The molecule has 0 fully saturated rings. The molecule has 7 heteroatoms. The summed E-state index contributed by atoms with van der Waals surface area (Å²) in [6.45, 7) is 0. The Balaban J connectivity index is 2.22. The number of amides is 1. The minimum atomic E-state index is -0.508. The van der Waals surface area contributed by atoms with Crippen LogP contribution in [0.15, 0.2) is 35.1 Å². The molecule has 0 saturated heterocycles. The van der Waals surface area contributed by atoms with E-state index in [1.165, 1.54) is 24.5 Å². The first-order valence-electron chi connectivity index (χ1n) is 4.79. The molecule has 18 heavy (non-hydrogen) atoms. The van der Waals surface area contributed by atoms with Crippen LogP contribution in [0.1, 0.15) is 10.4 Å². The minimum absolute atomic E-state index is 0.160. The van der Waals surface area contributed by atoms with E-state index in [1.807, 2.05) is 0 Å². The Bertz CT molecular complexity index is 588. The van der Waals surface area contributed by atoms with Crippen LogP contribution in [0.5, 0.6) is 0 Å². The highest BCUT2D eigenvalue weighted by Gasteiger charge is 2.09. The monoisotopic (exact) mass is 329 g/mol. The highest BCUT2D eigenvalue weighted by Crippen LogP contribution is 2.16. The van der Waals surface area contributed by atoms with Crippen molar-refractivity contribution in [3.05, 3.63) is 51.6 Å².